The third-order valence-electron chi connectivity index (χ3n) is 3.56. The molecule has 3 nitrogen and oxygen atoms in total. The highest BCUT2D eigenvalue weighted by atomic mass is 16.5. The Bertz CT molecular complexity index is 174. The Hall–Kier alpha value is -0.120. The van der Waals surface area contributed by atoms with Gasteiger partial charge in [-0.15, -0.1) is 0 Å². The molecule has 0 aliphatic carbocycles. The topological polar surface area (TPSA) is 24.5 Å². The summed E-state index contributed by atoms with van der Waals surface area (Å²) >= 11 is 0. The van der Waals surface area contributed by atoms with E-state index in [4.69, 9.17) is 4.74 Å². The van der Waals surface area contributed by atoms with E-state index < -0.39 is 0 Å². The molecule has 88 valence electrons. The van der Waals surface area contributed by atoms with E-state index >= 15 is 0 Å². The first-order valence-corrected chi connectivity index (χ1v) is 6.31. The van der Waals surface area contributed by atoms with Crippen molar-refractivity contribution in [2.45, 2.75) is 19.3 Å². The fourth-order valence-electron chi connectivity index (χ4n) is 2.76. The van der Waals surface area contributed by atoms with Crippen LogP contribution in [0.3, 0.4) is 0 Å². The Morgan fingerprint density at radius 3 is 2.80 bits per heavy atom. The summed E-state index contributed by atoms with van der Waals surface area (Å²) in [4.78, 5) is 2.50. The molecule has 0 aromatic rings. The molecule has 0 aromatic heterocycles. The van der Waals surface area contributed by atoms with Gasteiger partial charge in [0.2, 0.25) is 0 Å². The Morgan fingerprint density at radius 2 is 2.13 bits per heavy atom. The van der Waals surface area contributed by atoms with Gasteiger partial charge >= 0.3 is 0 Å². The number of rotatable bonds is 4. The molecule has 2 unspecified atom stereocenters. The van der Waals surface area contributed by atoms with Crippen molar-refractivity contribution in [3.63, 3.8) is 0 Å². The van der Waals surface area contributed by atoms with Gasteiger partial charge in [0.15, 0.2) is 0 Å². The van der Waals surface area contributed by atoms with Gasteiger partial charge in [-0.3, -0.25) is 0 Å². The predicted molar refractivity (Wildman–Crippen MR) is 62.0 cm³/mol. The van der Waals surface area contributed by atoms with Crippen LogP contribution >= 0.6 is 0 Å². The van der Waals surface area contributed by atoms with Crippen molar-refractivity contribution in [3.8, 4) is 0 Å². The summed E-state index contributed by atoms with van der Waals surface area (Å²) < 4.78 is 5.41. The van der Waals surface area contributed by atoms with Gasteiger partial charge in [0.05, 0.1) is 6.61 Å². The van der Waals surface area contributed by atoms with E-state index in [1.54, 1.807) is 0 Å². The molecule has 2 aliphatic heterocycles. The molecule has 2 fully saturated rings. The highest BCUT2D eigenvalue weighted by Gasteiger charge is 2.20. The highest BCUT2D eigenvalue weighted by molar-refractivity contribution is 4.74. The number of ether oxygens (including phenoxy) is 1. The Kier molecular flexibility index (Phi) is 4.42. The maximum absolute atomic E-state index is 5.41. The summed E-state index contributed by atoms with van der Waals surface area (Å²) in [5.74, 6) is 1.65. The largest absolute Gasteiger partial charge is 0.381 e. The van der Waals surface area contributed by atoms with Crippen LogP contribution in [0, 0.1) is 11.8 Å². The molecule has 0 amide bonds. The van der Waals surface area contributed by atoms with Gasteiger partial charge in [0, 0.05) is 19.7 Å². The molecule has 0 radical (unpaired) electrons. The van der Waals surface area contributed by atoms with Crippen molar-refractivity contribution in [1.82, 2.24) is 10.2 Å². The summed E-state index contributed by atoms with van der Waals surface area (Å²) in [6.07, 6.45) is 4.01. The fourth-order valence-corrected chi connectivity index (χ4v) is 2.76. The third-order valence-corrected chi connectivity index (χ3v) is 3.56. The van der Waals surface area contributed by atoms with Crippen molar-refractivity contribution < 1.29 is 4.74 Å². The molecule has 3 heteroatoms. The molecule has 2 rings (SSSR count). The second kappa shape index (κ2) is 5.83. The summed E-state index contributed by atoms with van der Waals surface area (Å²) in [5.41, 5.74) is 0. The Morgan fingerprint density at radius 1 is 1.27 bits per heavy atom. The van der Waals surface area contributed by atoms with Gasteiger partial charge < -0.3 is 15.0 Å². The quantitative estimate of drug-likeness (QED) is 0.751. The molecule has 2 heterocycles. The van der Waals surface area contributed by atoms with E-state index in [1.807, 2.05) is 0 Å². The lowest BCUT2D eigenvalue weighted by Crippen LogP contribution is -2.38. The summed E-state index contributed by atoms with van der Waals surface area (Å²) in [6.45, 7) is 6.86. The second-order valence-corrected chi connectivity index (χ2v) is 5.16. The Balaban J connectivity index is 1.64. The summed E-state index contributed by atoms with van der Waals surface area (Å²) in [5, 5.41) is 3.48. The molecule has 2 atom stereocenters. The van der Waals surface area contributed by atoms with Gasteiger partial charge in [-0.05, 0) is 51.2 Å². The normalized spacial score (nSPS) is 32.4. The van der Waals surface area contributed by atoms with Crippen LogP contribution in [0.25, 0.3) is 0 Å². The van der Waals surface area contributed by atoms with Gasteiger partial charge in [0.1, 0.15) is 0 Å². The molecule has 0 saturated carbocycles. The van der Waals surface area contributed by atoms with E-state index in [9.17, 15) is 0 Å². The lowest BCUT2D eigenvalue weighted by atomic mass is 9.98. The third kappa shape index (κ3) is 3.74. The van der Waals surface area contributed by atoms with E-state index in [-0.39, 0.29) is 0 Å². The van der Waals surface area contributed by atoms with Crippen molar-refractivity contribution in [3.05, 3.63) is 0 Å². The lowest BCUT2D eigenvalue weighted by molar-refractivity contribution is 0.166. The van der Waals surface area contributed by atoms with Crippen LogP contribution in [0.4, 0.5) is 0 Å². The lowest BCUT2D eigenvalue weighted by Gasteiger charge is -2.28. The number of nitrogens with one attached hydrogen (secondary N) is 1. The SMILES string of the molecule is CN(CC1CCCNC1)CC1CCOC1. The molecular weight excluding hydrogens is 188 g/mol. The minimum Gasteiger partial charge on any atom is -0.381 e. The van der Waals surface area contributed by atoms with E-state index in [0.29, 0.717) is 0 Å². The molecule has 2 saturated heterocycles. The zero-order valence-electron chi connectivity index (χ0n) is 9.87. The van der Waals surface area contributed by atoms with E-state index in [0.717, 1.165) is 25.0 Å². The zero-order valence-corrected chi connectivity index (χ0v) is 9.87. The van der Waals surface area contributed by atoms with Crippen molar-refractivity contribution in [2.75, 3.05) is 46.4 Å². The highest BCUT2D eigenvalue weighted by Crippen LogP contribution is 2.16. The van der Waals surface area contributed by atoms with Crippen LogP contribution < -0.4 is 5.32 Å². The summed E-state index contributed by atoms with van der Waals surface area (Å²) in [6, 6.07) is 0. The minimum atomic E-state index is 0.784. The molecule has 1 N–H and O–H groups in total. The molecular formula is C12H24N2O. The smallest absolute Gasteiger partial charge is 0.0507 e. The van der Waals surface area contributed by atoms with E-state index in [2.05, 4.69) is 17.3 Å². The average Bonchev–Trinajstić information content (AvgIpc) is 2.71. The molecule has 0 spiro atoms. The first-order chi connectivity index (χ1) is 7.34. The standard InChI is InChI=1S/C12H24N2O/c1-14(9-12-4-6-15-10-12)8-11-3-2-5-13-7-11/h11-13H,2-10H2,1H3. The monoisotopic (exact) mass is 212 g/mol. The van der Waals surface area contributed by atoms with Crippen molar-refractivity contribution in [2.24, 2.45) is 11.8 Å². The van der Waals surface area contributed by atoms with Gasteiger partial charge in [-0.1, -0.05) is 0 Å². The zero-order chi connectivity index (χ0) is 10.5. The minimum absolute atomic E-state index is 0.784. The van der Waals surface area contributed by atoms with E-state index in [1.165, 1.54) is 45.4 Å². The van der Waals surface area contributed by atoms with Crippen LogP contribution in [-0.4, -0.2) is 51.3 Å². The van der Waals surface area contributed by atoms with Gasteiger partial charge in [-0.25, -0.2) is 0 Å². The van der Waals surface area contributed by atoms with Crippen LogP contribution in [-0.2, 0) is 4.74 Å². The number of hydrogen-bond donors (Lipinski definition) is 1. The van der Waals surface area contributed by atoms with Gasteiger partial charge in [-0.2, -0.15) is 0 Å². The van der Waals surface area contributed by atoms with Crippen molar-refractivity contribution >= 4 is 0 Å². The number of piperidine rings is 1. The maximum Gasteiger partial charge on any atom is 0.0507 e. The molecule has 15 heavy (non-hydrogen) atoms. The first-order valence-electron chi connectivity index (χ1n) is 6.31. The number of hydrogen-bond acceptors (Lipinski definition) is 3. The van der Waals surface area contributed by atoms with Crippen LogP contribution in [0.1, 0.15) is 19.3 Å². The molecule has 2 aliphatic rings. The fraction of sp³-hybridized carbons (Fsp3) is 1.00. The van der Waals surface area contributed by atoms with Crippen molar-refractivity contribution in [1.29, 1.82) is 0 Å². The van der Waals surface area contributed by atoms with Gasteiger partial charge in [0.25, 0.3) is 0 Å². The summed E-state index contributed by atoms with van der Waals surface area (Å²) in [7, 11) is 2.26. The van der Waals surface area contributed by atoms with Crippen LogP contribution in [0.15, 0.2) is 0 Å². The Labute approximate surface area is 93.2 Å². The molecule has 0 bridgehead atoms. The van der Waals surface area contributed by atoms with Crippen LogP contribution in [0.5, 0.6) is 0 Å². The second-order valence-electron chi connectivity index (χ2n) is 5.16. The maximum atomic E-state index is 5.41. The average molecular weight is 212 g/mol. The van der Waals surface area contributed by atoms with Crippen LogP contribution in [0.2, 0.25) is 0 Å². The molecule has 0 aromatic carbocycles. The predicted octanol–water partition coefficient (Wildman–Crippen LogP) is 0.954. The number of nitrogens with zero attached hydrogens (tertiary/aromatic N) is 1. The first kappa shape index (κ1) is 11.4.